The second kappa shape index (κ2) is 5.76. The van der Waals surface area contributed by atoms with Gasteiger partial charge < -0.3 is 14.8 Å². The lowest BCUT2D eigenvalue weighted by Crippen LogP contribution is -2.38. The highest BCUT2D eigenvalue weighted by Gasteiger charge is 2.39. The number of rotatable bonds is 2. The highest BCUT2D eigenvalue weighted by molar-refractivity contribution is 14.1. The Balaban J connectivity index is 2.19. The largest absolute Gasteiger partial charge is 0.492 e. The fraction of sp³-hybridized carbons (Fsp3) is 0.333. The molecule has 2 aromatic rings. The summed E-state index contributed by atoms with van der Waals surface area (Å²) in [5.74, 6) is 0.302. The first-order chi connectivity index (χ1) is 10.1. The second-order valence-corrected chi connectivity index (χ2v) is 6.19. The molecule has 110 valence electrons. The maximum Gasteiger partial charge on any atom is 0.268 e. The van der Waals surface area contributed by atoms with Gasteiger partial charge in [0.1, 0.15) is 9.39 Å². The number of ether oxygens (including phenoxy) is 1. The van der Waals surface area contributed by atoms with Crippen molar-refractivity contribution in [2.24, 2.45) is 0 Å². The monoisotopic (exact) mass is 398 g/mol. The number of benzene rings is 1. The summed E-state index contributed by atoms with van der Waals surface area (Å²) in [6, 6.07) is 9.95. The van der Waals surface area contributed by atoms with Crippen LogP contribution in [0.5, 0.6) is 5.88 Å². The Morgan fingerprint density at radius 2 is 1.90 bits per heavy atom. The summed E-state index contributed by atoms with van der Waals surface area (Å²) >= 11 is 1.79. The molecule has 0 saturated carbocycles. The molecule has 3 rings (SSSR count). The van der Waals surface area contributed by atoms with E-state index in [-0.39, 0.29) is 15.0 Å². The highest BCUT2D eigenvalue weighted by Crippen LogP contribution is 2.39. The lowest BCUT2D eigenvalue weighted by atomic mass is 9.73. The summed E-state index contributed by atoms with van der Waals surface area (Å²) in [6.07, 6.45) is 1.44. The molecule has 5 nitrogen and oxygen atoms in total. The molecule has 1 aromatic carbocycles. The number of aromatic nitrogens is 2. The smallest absolute Gasteiger partial charge is 0.268 e. The van der Waals surface area contributed by atoms with Crippen molar-refractivity contribution in [3.05, 3.63) is 55.6 Å². The van der Waals surface area contributed by atoms with Gasteiger partial charge >= 0.3 is 0 Å². The van der Waals surface area contributed by atoms with Gasteiger partial charge in [0.05, 0.1) is 5.41 Å². The average Bonchev–Trinajstić information content (AvgIpc) is 2.53. The van der Waals surface area contributed by atoms with Gasteiger partial charge in [0.2, 0.25) is 5.88 Å². The lowest BCUT2D eigenvalue weighted by molar-refractivity contribution is 0.0601. The van der Waals surface area contributed by atoms with Crippen LogP contribution in [-0.4, -0.2) is 28.3 Å². The number of aromatic amines is 1. The minimum atomic E-state index is -0.416. The summed E-state index contributed by atoms with van der Waals surface area (Å²) in [5.41, 5.74) is 0.359. The molecule has 2 N–H and O–H groups in total. The summed E-state index contributed by atoms with van der Waals surface area (Å²) < 4.78 is 5.68. The van der Waals surface area contributed by atoms with Crippen LogP contribution in [-0.2, 0) is 10.2 Å². The van der Waals surface area contributed by atoms with Crippen LogP contribution in [0.3, 0.4) is 0 Å². The number of halogens is 1. The molecule has 0 amide bonds. The lowest BCUT2D eigenvalue weighted by Gasteiger charge is -2.36. The van der Waals surface area contributed by atoms with Gasteiger partial charge in [-0.1, -0.05) is 30.3 Å². The van der Waals surface area contributed by atoms with Crippen molar-refractivity contribution in [3.63, 3.8) is 0 Å². The first-order valence-corrected chi connectivity index (χ1v) is 7.84. The minimum absolute atomic E-state index is 0.212. The summed E-state index contributed by atoms with van der Waals surface area (Å²) in [4.78, 5) is 19.1. The molecule has 0 aliphatic carbocycles. The van der Waals surface area contributed by atoms with Gasteiger partial charge in [-0.25, -0.2) is 0 Å². The molecule has 1 aromatic heterocycles. The molecule has 1 saturated heterocycles. The molecule has 0 bridgehead atoms. The molecule has 1 aliphatic heterocycles. The third-order valence-electron chi connectivity index (χ3n) is 3.97. The molecular formula is C15H15IN2O3. The van der Waals surface area contributed by atoms with E-state index in [1.807, 2.05) is 30.3 Å². The van der Waals surface area contributed by atoms with E-state index in [0.717, 1.165) is 18.4 Å². The first-order valence-electron chi connectivity index (χ1n) is 6.76. The molecule has 2 heterocycles. The predicted molar refractivity (Wildman–Crippen MR) is 86.5 cm³/mol. The van der Waals surface area contributed by atoms with E-state index in [0.29, 0.717) is 19.0 Å². The Kier molecular flexibility index (Phi) is 3.99. The van der Waals surface area contributed by atoms with E-state index in [1.54, 1.807) is 22.6 Å². The number of H-pyrrole nitrogens is 1. The molecule has 0 spiro atoms. The van der Waals surface area contributed by atoms with Crippen molar-refractivity contribution in [2.45, 2.75) is 18.3 Å². The van der Waals surface area contributed by atoms with Crippen LogP contribution in [0.2, 0.25) is 0 Å². The zero-order chi connectivity index (χ0) is 14.9. The van der Waals surface area contributed by atoms with Gasteiger partial charge in [-0.2, -0.15) is 4.98 Å². The SMILES string of the molecule is O=c1[nH]c(C2(c3ccccc3)CCOCC2)nc(O)c1I. The minimum Gasteiger partial charge on any atom is -0.492 e. The van der Waals surface area contributed by atoms with Crippen LogP contribution >= 0.6 is 22.6 Å². The quantitative estimate of drug-likeness (QED) is 0.761. The molecule has 0 atom stereocenters. The van der Waals surface area contributed by atoms with Crippen molar-refractivity contribution in [3.8, 4) is 5.88 Å². The number of hydrogen-bond acceptors (Lipinski definition) is 4. The maximum atomic E-state index is 12.0. The Morgan fingerprint density at radius 1 is 1.24 bits per heavy atom. The van der Waals surface area contributed by atoms with Crippen LogP contribution in [0.4, 0.5) is 0 Å². The second-order valence-electron chi connectivity index (χ2n) is 5.11. The third kappa shape index (κ3) is 2.57. The van der Waals surface area contributed by atoms with Crippen molar-refractivity contribution < 1.29 is 9.84 Å². The molecule has 1 fully saturated rings. The van der Waals surface area contributed by atoms with Crippen LogP contribution in [0.15, 0.2) is 35.1 Å². The number of aromatic hydroxyl groups is 1. The zero-order valence-corrected chi connectivity index (χ0v) is 13.5. The maximum absolute atomic E-state index is 12.0. The summed E-state index contributed by atoms with van der Waals surface area (Å²) in [7, 11) is 0. The Bertz CT molecular complexity index is 694. The Hall–Kier alpha value is -1.41. The van der Waals surface area contributed by atoms with E-state index < -0.39 is 5.41 Å². The average molecular weight is 398 g/mol. The van der Waals surface area contributed by atoms with Crippen molar-refractivity contribution in [1.82, 2.24) is 9.97 Å². The molecule has 0 unspecified atom stereocenters. The Morgan fingerprint density at radius 3 is 2.52 bits per heavy atom. The van der Waals surface area contributed by atoms with Crippen molar-refractivity contribution >= 4 is 22.6 Å². The fourth-order valence-corrected chi connectivity index (χ4v) is 3.07. The number of nitrogens with one attached hydrogen (secondary N) is 1. The third-order valence-corrected chi connectivity index (χ3v) is 4.94. The summed E-state index contributed by atoms with van der Waals surface area (Å²) in [6.45, 7) is 1.21. The number of nitrogens with zero attached hydrogens (tertiary/aromatic N) is 1. The van der Waals surface area contributed by atoms with Crippen molar-refractivity contribution in [2.75, 3.05) is 13.2 Å². The molecule has 0 radical (unpaired) electrons. The molecule has 6 heteroatoms. The fourth-order valence-electron chi connectivity index (χ4n) is 2.81. The normalized spacial score (nSPS) is 17.6. The molecular weight excluding hydrogens is 383 g/mol. The molecule has 21 heavy (non-hydrogen) atoms. The Labute approximate surface area is 135 Å². The zero-order valence-electron chi connectivity index (χ0n) is 11.3. The van der Waals surface area contributed by atoms with Gasteiger partial charge in [-0.3, -0.25) is 4.79 Å². The van der Waals surface area contributed by atoms with Gasteiger partial charge in [0.15, 0.2) is 0 Å². The van der Waals surface area contributed by atoms with E-state index in [1.165, 1.54) is 0 Å². The number of hydrogen-bond donors (Lipinski definition) is 2. The van der Waals surface area contributed by atoms with E-state index in [4.69, 9.17) is 4.74 Å². The van der Waals surface area contributed by atoms with E-state index in [9.17, 15) is 9.90 Å². The van der Waals surface area contributed by atoms with Crippen LogP contribution in [0, 0.1) is 3.57 Å². The topological polar surface area (TPSA) is 75.2 Å². The van der Waals surface area contributed by atoms with Crippen LogP contribution in [0.25, 0.3) is 0 Å². The van der Waals surface area contributed by atoms with Gasteiger partial charge in [0, 0.05) is 13.2 Å². The van der Waals surface area contributed by atoms with E-state index in [2.05, 4.69) is 9.97 Å². The first kappa shape index (κ1) is 14.5. The van der Waals surface area contributed by atoms with E-state index >= 15 is 0 Å². The highest BCUT2D eigenvalue weighted by atomic mass is 127. The summed E-state index contributed by atoms with van der Waals surface area (Å²) in [5, 5.41) is 9.90. The van der Waals surface area contributed by atoms with Crippen molar-refractivity contribution in [1.29, 1.82) is 0 Å². The van der Waals surface area contributed by atoms with Crippen LogP contribution < -0.4 is 5.56 Å². The van der Waals surface area contributed by atoms with Gasteiger partial charge in [-0.05, 0) is 41.0 Å². The van der Waals surface area contributed by atoms with Crippen LogP contribution in [0.1, 0.15) is 24.2 Å². The standard InChI is InChI=1S/C15H15IN2O3/c16-11-12(19)17-14(18-13(11)20)15(6-8-21-9-7-15)10-4-2-1-3-5-10/h1-5H,6-9H2,(H2,17,18,19,20). The van der Waals surface area contributed by atoms with Gasteiger partial charge in [0.25, 0.3) is 5.56 Å². The van der Waals surface area contributed by atoms with Gasteiger partial charge in [-0.15, -0.1) is 0 Å². The predicted octanol–water partition coefficient (Wildman–Crippen LogP) is 2.18. The molecule has 1 aliphatic rings.